The third kappa shape index (κ3) is 0.707. The summed E-state index contributed by atoms with van der Waals surface area (Å²) >= 11 is 12.1. The molecule has 4 rings (SSSR count). The first-order valence-electron chi connectivity index (χ1n) is 4.85. The second-order valence-electron chi connectivity index (χ2n) is 4.97. The fraction of sp³-hybridized carbons (Fsp3) is 0.778. The van der Waals surface area contributed by atoms with E-state index in [9.17, 15) is 14.7 Å². The first-order chi connectivity index (χ1) is 7.21. The first-order valence-corrected chi connectivity index (χ1v) is 5.61. The SMILES string of the molecule is NC1(C(=O)O)C2CC3(C(=O)O)C(C13)C2(Cl)Cl. The molecule has 7 heteroatoms. The van der Waals surface area contributed by atoms with E-state index >= 15 is 0 Å². The lowest BCUT2D eigenvalue weighted by molar-refractivity contribution is -0.145. The van der Waals surface area contributed by atoms with Crippen LogP contribution in [0.15, 0.2) is 0 Å². The molecule has 5 nitrogen and oxygen atoms in total. The molecule has 0 aromatic carbocycles. The Morgan fingerprint density at radius 1 is 1.19 bits per heavy atom. The van der Waals surface area contributed by atoms with Gasteiger partial charge in [0, 0.05) is 17.8 Å². The number of nitrogens with two attached hydrogens (primary N) is 1. The number of aliphatic carboxylic acids is 2. The molecule has 4 aliphatic carbocycles. The van der Waals surface area contributed by atoms with Gasteiger partial charge in [-0.05, 0) is 6.42 Å². The maximum absolute atomic E-state index is 11.2. The number of carboxylic acid groups (broad SMARTS) is 2. The molecule has 5 atom stereocenters. The Hall–Kier alpha value is -0.520. The second-order valence-corrected chi connectivity index (χ2v) is 6.41. The minimum Gasteiger partial charge on any atom is -0.481 e. The first kappa shape index (κ1) is 10.6. The molecule has 0 radical (unpaired) electrons. The third-order valence-electron chi connectivity index (χ3n) is 4.62. The van der Waals surface area contributed by atoms with E-state index in [0.717, 1.165) is 0 Å². The molecule has 0 spiro atoms. The van der Waals surface area contributed by atoms with Gasteiger partial charge >= 0.3 is 11.9 Å². The van der Waals surface area contributed by atoms with Crippen LogP contribution in [-0.4, -0.2) is 32.0 Å². The largest absolute Gasteiger partial charge is 0.481 e. The summed E-state index contributed by atoms with van der Waals surface area (Å²) in [6.45, 7) is 0. The molecule has 4 bridgehead atoms. The Morgan fingerprint density at radius 2 is 1.75 bits per heavy atom. The van der Waals surface area contributed by atoms with Crippen molar-refractivity contribution in [3.8, 4) is 0 Å². The number of hydrogen-bond acceptors (Lipinski definition) is 3. The van der Waals surface area contributed by atoms with E-state index in [2.05, 4.69) is 0 Å². The van der Waals surface area contributed by atoms with Crippen LogP contribution >= 0.6 is 23.2 Å². The van der Waals surface area contributed by atoms with Gasteiger partial charge in [0.15, 0.2) is 0 Å². The van der Waals surface area contributed by atoms with E-state index < -0.39 is 45.0 Å². The number of alkyl halides is 2. The lowest BCUT2D eigenvalue weighted by Gasteiger charge is -2.27. The van der Waals surface area contributed by atoms with Crippen molar-refractivity contribution in [3.05, 3.63) is 0 Å². The Morgan fingerprint density at radius 3 is 2.00 bits per heavy atom. The van der Waals surface area contributed by atoms with Gasteiger partial charge in [0.2, 0.25) is 0 Å². The number of rotatable bonds is 2. The van der Waals surface area contributed by atoms with Gasteiger partial charge in [-0.1, -0.05) is 0 Å². The Bertz CT molecular complexity index is 439. The van der Waals surface area contributed by atoms with Crippen LogP contribution < -0.4 is 5.73 Å². The Kier molecular flexibility index (Phi) is 1.56. The Balaban J connectivity index is 2.16. The molecule has 0 saturated heterocycles. The van der Waals surface area contributed by atoms with Crippen molar-refractivity contribution in [1.82, 2.24) is 0 Å². The van der Waals surface area contributed by atoms with Crippen LogP contribution in [0, 0.1) is 23.2 Å². The van der Waals surface area contributed by atoms with Crippen LogP contribution in [-0.2, 0) is 9.59 Å². The number of carbonyl (C=O) groups is 2. The molecule has 0 aromatic rings. The molecule has 4 N–H and O–H groups in total. The molecule has 16 heavy (non-hydrogen) atoms. The summed E-state index contributed by atoms with van der Waals surface area (Å²) in [7, 11) is 0. The fourth-order valence-corrected chi connectivity index (χ4v) is 5.15. The molecular weight excluding hydrogens is 257 g/mol. The molecule has 0 amide bonds. The molecule has 0 heterocycles. The molecule has 4 aliphatic rings. The van der Waals surface area contributed by atoms with E-state index in [0.29, 0.717) is 0 Å². The van der Waals surface area contributed by atoms with Crippen LogP contribution in [0.3, 0.4) is 0 Å². The predicted molar refractivity (Wildman–Crippen MR) is 54.1 cm³/mol. The highest BCUT2D eigenvalue weighted by Gasteiger charge is 2.96. The summed E-state index contributed by atoms with van der Waals surface area (Å²) in [5.41, 5.74) is 3.14. The molecule has 88 valence electrons. The van der Waals surface area contributed by atoms with Gasteiger partial charge < -0.3 is 15.9 Å². The van der Waals surface area contributed by atoms with Crippen LogP contribution in [0.1, 0.15) is 6.42 Å². The van der Waals surface area contributed by atoms with Gasteiger partial charge in [-0.2, -0.15) is 0 Å². The van der Waals surface area contributed by atoms with Crippen LogP contribution in [0.2, 0.25) is 0 Å². The fourth-order valence-electron chi connectivity index (χ4n) is 3.99. The quantitative estimate of drug-likeness (QED) is 0.624. The highest BCUT2D eigenvalue weighted by Crippen LogP contribution is 2.87. The van der Waals surface area contributed by atoms with E-state index in [4.69, 9.17) is 34.0 Å². The molecule has 0 aromatic heterocycles. The van der Waals surface area contributed by atoms with Crippen molar-refractivity contribution >= 4 is 35.1 Å². The molecule has 0 aliphatic heterocycles. The van der Waals surface area contributed by atoms with Crippen molar-refractivity contribution < 1.29 is 19.8 Å². The molecule has 4 saturated carbocycles. The van der Waals surface area contributed by atoms with Crippen molar-refractivity contribution in [2.45, 2.75) is 16.3 Å². The van der Waals surface area contributed by atoms with E-state index in [1.54, 1.807) is 0 Å². The van der Waals surface area contributed by atoms with Gasteiger partial charge in [0.1, 0.15) is 9.87 Å². The predicted octanol–water partition coefficient (Wildman–Crippen LogP) is 0.293. The Labute approximate surface area is 100 Å². The standard InChI is InChI=1S/C9H9Cl2NO4/c10-9(11)2-1-7(5(13)14)3(4(7)9)8(2,12)6(15)16/h2-4H,1,12H2,(H,13,14)(H,15,16). The normalized spacial score (nSPS) is 55.1. The van der Waals surface area contributed by atoms with Crippen LogP contribution in [0.25, 0.3) is 0 Å². The maximum atomic E-state index is 11.2. The van der Waals surface area contributed by atoms with Crippen molar-refractivity contribution in [2.75, 3.05) is 0 Å². The van der Waals surface area contributed by atoms with E-state index in [1.165, 1.54) is 0 Å². The average molecular weight is 266 g/mol. The zero-order chi connectivity index (χ0) is 12.1. The lowest BCUT2D eigenvalue weighted by atomic mass is 9.89. The van der Waals surface area contributed by atoms with Gasteiger partial charge in [-0.3, -0.25) is 9.59 Å². The van der Waals surface area contributed by atoms with E-state index in [1.807, 2.05) is 0 Å². The smallest absolute Gasteiger partial charge is 0.324 e. The van der Waals surface area contributed by atoms with E-state index in [-0.39, 0.29) is 6.42 Å². The van der Waals surface area contributed by atoms with Crippen molar-refractivity contribution in [1.29, 1.82) is 0 Å². The topological polar surface area (TPSA) is 101 Å². The zero-order valence-electron chi connectivity index (χ0n) is 7.98. The van der Waals surface area contributed by atoms with Gasteiger partial charge in [0.25, 0.3) is 0 Å². The molecule has 4 fully saturated rings. The zero-order valence-corrected chi connectivity index (χ0v) is 9.50. The number of hydrogen-bond donors (Lipinski definition) is 3. The summed E-state index contributed by atoms with van der Waals surface area (Å²) in [5, 5.41) is 18.4. The number of halogens is 2. The third-order valence-corrected chi connectivity index (χ3v) is 5.61. The second kappa shape index (κ2) is 2.35. The average Bonchev–Trinajstić information content (AvgIpc) is 2.62. The minimum atomic E-state index is -1.59. The monoisotopic (exact) mass is 265 g/mol. The van der Waals surface area contributed by atoms with Crippen LogP contribution in [0.4, 0.5) is 0 Å². The highest BCUT2D eigenvalue weighted by molar-refractivity contribution is 6.50. The molecule has 5 unspecified atom stereocenters. The summed E-state index contributed by atoms with van der Waals surface area (Å²) in [5.74, 6) is -4.12. The van der Waals surface area contributed by atoms with Crippen molar-refractivity contribution in [2.24, 2.45) is 28.9 Å². The van der Waals surface area contributed by atoms with Crippen LogP contribution in [0.5, 0.6) is 0 Å². The van der Waals surface area contributed by atoms with Crippen molar-refractivity contribution in [3.63, 3.8) is 0 Å². The lowest BCUT2D eigenvalue weighted by Crippen LogP contribution is -2.54. The maximum Gasteiger partial charge on any atom is 0.324 e. The summed E-state index contributed by atoms with van der Waals surface area (Å²) < 4.78 is -1.32. The van der Waals surface area contributed by atoms with Gasteiger partial charge in [-0.15, -0.1) is 23.2 Å². The number of carboxylic acids is 2. The summed E-state index contributed by atoms with van der Waals surface area (Å²) in [4.78, 5) is 22.4. The summed E-state index contributed by atoms with van der Waals surface area (Å²) in [6, 6.07) is 0. The highest BCUT2D eigenvalue weighted by atomic mass is 35.5. The minimum absolute atomic E-state index is 0.160. The molecular formula is C9H9Cl2NO4. The summed E-state index contributed by atoms with van der Waals surface area (Å²) in [6.07, 6.45) is 0.160. The van der Waals surface area contributed by atoms with Gasteiger partial charge in [0.05, 0.1) is 5.41 Å². The van der Waals surface area contributed by atoms with Gasteiger partial charge in [-0.25, -0.2) is 0 Å².